The molecule has 0 aliphatic heterocycles. The first-order valence-corrected chi connectivity index (χ1v) is 8.67. The zero-order valence-electron chi connectivity index (χ0n) is 14.5. The lowest BCUT2D eigenvalue weighted by Crippen LogP contribution is -2.36. The number of nitrogens with one attached hydrogen (secondary N) is 2. The predicted molar refractivity (Wildman–Crippen MR) is 89.6 cm³/mol. The number of H-pyrrole nitrogens is 1. The molecule has 3 rings (SSSR count). The van der Waals surface area contributed by atoms with E-state index in [0.29, 0.717) is 24.0 Å². The number of hydrogen-bond acceptors (Lipinski definition) is 3. The lowest BCUT2D eigenvalue weighted by molar-refractivity contribution is 0.0940. The van der Waals surface area contributed by atoms with Crippen LogP contribution in [0.4, 0.5) is 0 Å². The predicted octanol–water partition coefficient (Wildman–Crippen LogP) is 2.54. The van der Waals surface area contributed by atoms with Crippen molar-refractivity contribution in [2.24, 2.45) is 17.8 Å². The number of aryl methyl sites for hydroxylation is 1. The molecule has 2 aliphatic carbocycles. The Balaban J connectivity index is 1.73. The second-order valence-corrected chi connectivity index (χ2v) is 8.17. The van der Waals surface area contributed by atoms with E-state index >= 15 is 0 Å². The van der Waals surface area contributed by atoms with Gasteiger partial charge < -0.3 is 10.3 Å². The summed E-state index contributed by atoms with van der Waals surface area (Å²) in [5.74, 6) is 2.49. The summed E-state index contributed by atoms with van der Waals surface area (Å²) >= 11 is 0. The molecule has 5 nitrogen and oxygen atoms in total. The Morgan fingerprint density at radius 3 is 2.26 bits per heavy atom. The second kappa shape index (κ2) is 5.77. The van der Waals surface area contributed by atoms with E-state index in [1.54, 1.807) is 6.92 Å². The van der Waals surface area contributed by atoms with Gasteiger partial charge in [-0.15, -0.1) is 0 Å². The van der Waals surface area contributed by atoms with Gasteiger partial charge in [0, 0.05) is 12.0 Å². The van der Waals surface area contributed by atoms with E-state index in [2.05, 4.69) is 15.3 Å². The van der Waals surface area contributed by atoms with Crippen LogP contribution < -0.4 is 10.9 Å². The van der Waals surface area contributed by atoms with Crippen LogP contribution in [0.3, 0.4) is 0 Å². The normalized spacial score (nSPS) is 18.3. The highest BCUT2D eigenvalue weighted by Gasteiger charge is 2.41. The van der Waals surface area contributed by atoms with Gasteiger partial charge in [0.15, 0.2) is 0 Å². The molecular formula is C18H27N3O2. The van der Waals surface area contributed by atoms with Gasteiger partial charge in [0.25, 0.3) is 11.5 Å². The van der Waals surface area contributed by atoms with Crippen LogP contribution in [-0.2, 0) is 5.41 Å². The molecule has 23 heavy (non-hydrogen) atoms. The van der Waals surface area contributed by atoms with E-state index in [1.807, 2.05) is 20.8 Å². The summed E-state index contributed by atoms with van der Waals surface area (Å²) in [7, 11) is 0. The Bertz CT molecular complexity index is 652. The first-order valence-electron chi connectivity index (χ1n) is 8.67. The van der Waals surface area contributed by atoms with E-state index in [-0.39, 0.29) is 22.4 Å². The Morgan fingerprint density at radius 2 is 1.83 bits per heavy atom. The molecule has 5 heteroatoms. The summed E-state index contributed by atoms with van der Waals surface area (Å²) in [4.78, 5) is 32.0. The monoisotopic (exact) mass is 317 g/mol. The topological polar surface area (TPSA) is 74.8 Å². The van der Waals surface area contributed by atoms with E-state index < -0.39 is 0 Å². The van der Waals surface area contributed by atoms with Crippen molar-refractivity contribution < 1.29 is 4.79 Å². The number of carbonyl (C=O) groups is 1. The molecule has 0 aromatic carbocycles. The average molecular weight is 317 g/mol. The van der Waals surface area contributed by atoms with E-state index in [0.717, 1.165) is 11.8 Å². The van der Waals surface area contributed by atoms with Crippen LogP contribution in [0.1, 0.15) is 68.3 Å². The fourth-order valence-electron chi connectivity index (χ4n) is 3.27. The largest absolute Gasteiger partial charge is 0.352 e. The van der Waals surface area contributed by atoms with E-state index in [9.17, 15) is 9.59 Å². The molecule has 1 aromatic heterocycles. The van der Waals surface area contributed by atoms with Crippen LogP contribution >= 0.6 is 0 Å². The van der Waals surface area contributed by atoms with Crippen LogP contribution in [-0.4, -0.2) is 22.4 Å². The highest BCUT2D eigenvalue weighted by atomic mass is 16.2. The van der Waals surface area contributed by atoms with Crippen molar-refractivity contribution in [3.63, 3.8) is 0 Å². The van der Waals surface area contributed by atoms with Gasteiger partial charge in [-0.05, 0) is 50.4 Å². The molecule has 0 saturated heterocycles. The molecule has 1 amide bonds. The van der Waals surface area contributed by atoms with Gasteiger partial charge in [-0.25, -0.2) is 4.98 Å². The fourth-order valence-corrected chi connectivity index (χ4v) is 3.27. The van der Waals surface area contributed by atoms with Gasteiger partial charge in [-0.3, -0.25) is 9.59 Å². The SMILES string of the molecule is Cc1nc(C(C)(C)C)[nH]c(=O)c1C(=O)NCC(C1CC1)C1CC1. The number of aromatic nitrogens is 2. The second-order valence-electron chi connectivity index (χ2n) is 8.17. The van der Waals surface area contributed by atoms with Crippen molar-refractivity contribution in [3.8, 4) is 0 Å². The summed E-state index contributed by atoms with van der Waals surface area (Å²) in [6, 6.07) is 0. The minimum Gasteiger partial charge on any atom is -0.352 e. The van der Waals surface area contributed by atoms with Crippen molar-refractivity contribution >= 4 is 5.91 Å². The standard InChI is InChI=1S/C18H27N3O2/c1-10-14(16(23)21-17(20-10)18(2,3)4)15(22)19-9-13(11-5-6-11)12-7-8-12/h11-13H,5-9H2,1-4H3,(H,19,22)(H,20,21,23). The summed E-state index contributed by atoms with van der Waals surface area (Å²) in [6.07, 6.45) is 5.16. The molecule has 2 fully saturated rings. The number of nitrogens with zero attached hydrogens (tertiary/aromatic N) is 1. The Morgan fingerprint density at radius 1 is 1.26 bits per heavy atom. The molecule has 0 radical (unpaired) electrons. The van der Waals surface area contributed by atoms with Gasteiger partial charge in [0.05, 0.1) is 5.69 Å². The molecule has 2 N–H and O–H groups in total. The molecule has 2 aliphatic rings. The zero-order valence-corrected chi connectivity index (χ0v) is 14.5. The molecule has 126 valence electrons. The third kappa shape index (κ3) is 3.65. The Hall–Kier alpha value is -1.65. The average Bonchev–Trinajstić information content (AvgIpc) is 3.31. The highest BCUT2D eigenvalue weighted by Crippen LogP contribution is 2.48. The van der Waals surface area contributed by atoms with Crippen molar-refractivity contribution in [2.45, 2.75) is 58.8 Å². The molecule has 1 heterocycles. The quantitative estimate of drug-likeness (QED) is 0.876. The zero-order chi connectivity index (χ0) is 16.8. The molecule has 0 unspecified atom stereocenters. The van der Waals surface area contributed by atoms with Crippen LogP contribution in [0.25, 0.3) is 0 Å². The van der Waals surface area contributed by atoms with Crippen molar-refractivity contribution in [2.75, 3.05) is 6.54 Å². The molecule has 0 spiro atoms. The molecule has 2 saturated carbocycles. The summed E-state index contributed by atoms with van der Waals surface area (Å²) < 4.78 is 0. The van der Waals surface area contributed by atoms with Gasteiger partial charge in [-0.1, -0.05) is 20.8 Å². The minimum absolute atomic E-state index is 0.156. The summed E-state index contributed by atoms with van der Waals surface area (Å²) in [5.41, 5.74) is 0.0744. The van der Waals surface area contributed by atoms with Crippen LogP contribution in [0, 0.1) is 24.7 Å². The highest BCUT2D eigenvalue weighted by molar-refractivity contribution is 5.94. The van der Waals surface area contributed by atoms with Gasteiger partial charge in [-0.2, -0.15) is 0 Å². The number of amides is 1. The molecule has 1 aromatic rings. The third-order valence-corrected chi connectivity index (χ3v) is 4.99. The van der Waals surface area contributed by atoms with Gasteiger partial charge in [0.2, 0.25) is 0 Å². The maximum absolute atomic E-state index is 12.5. The van der Waals surface area contributed by atoms with Crippen molar-refractivity contribution in [1.82, 2.24) is 15.3 Å². The smallest absolute Gasteiger partial charge is 0.264 e. The third-order valence-electron chi connectivity index (χ3n) is 4.99. The van der Waals surface area contributed by atoms with Crippen LogP contribution in [0.15, 0.2) is 4.79 Å². The lowest BCUT2D eigenvalue weighted by atomic mass is 9.95. The number of hydrogen-bond donors (Lipinski definition) is 2. The maximum atomic E-state index is 12.5. The molecule has 0 atom stereocenters. The summed E-state index contributed by atoms with van der Waals surface area (Å²) in [5, 5.41) is 2.98. The number of aromatic amines is 1. The van der Waals surface area contributed by atoms with Gasteiger partial charge >= 0.3 is 0 Å². The lowest BCUT2D eigenvalue weighted by Gasteiger charge is -2.19. The summed E-state index contributed by atoms with van der Waals surface area (Å²) in [6.45, 7) is 8.38. The number of carbonyl (C=O) groups excluding carboxylic acids is 1. The first kappa shape index (κ1) is 16.2. The van der Waals surface area contributed by atoms with Crippen LogP contribution in [0.5, 0.6) is 0 Å². The Kier molecular flexibility index (Phi) is 4.07. The van der Waals surface area contributed by atoms with Crippen molar-refractivity contribution in [1.29, 1.82) is 0 Å². The van der Waals surface area contributed by atoms with Gasteiger partial charge in [0.1, 0.15) is 11.4 Å². The van der Waals surface area contributed by atoms with Crippen LogP contribution in [0.2, 0.25) is 0 Å². The van der Waals surface area contributed by atoms with Crippen molar-refractivity contribution in [3.05, 3.63) is 27.4 Å². The maximum Gasteiger partial charge on any atom is 0.264 e. The molecular weight excluding hydrogens is 290 g/mol. The number of rotatable bonds is 5. The minimum atomic E-state index is -0.339. The van der Waals surface area contributed by atoms with E-state index in [4.69, 9.17) is 0 Å². The fraction of sp³-hybridized carbons (Fsp3) is 0.722. The first-order chi connectivity index (χ1) is 10.8. The van der Waals surface area contributed by atoms with E-state index in [1.165, 1.54) is 25.7 Å². The Labute approximate surface area is 137 Å². The molecule has 0 bridgehead atoms.